The number of nitrogens with zero attached hydrogens (tertiary/aromatic N) is 1. The number of aromatic nitrogens is 1. The van der Waals surface area contributed by atoms with Gasteiger partial charge in [-0.15, -0.1) is 0 Å². The molecule has 0 amide bonds. The second-order valence-electron chi connectivity index (χ2n) is 2.95. The molecule has 0 bridgehead atoms. The maximum Gasteiger partial charge on any atom is 0.320 e. The molecule has 1 aromatic rings. The van der Waals surface area contributed by atoms with Crippen molar-refractivity contribution in [2.45, 2.75) is 19.5 Å². The van der Waals surface area contributed by atoms with Crippen molar-refractivity contribution < 1.29 is 15.0 Å². The topological polar surface area (TPSA) is 82.5 Å². The van der Waals surface area contributed by atoms with E-state index in [4.69, 9.17) is 10.2 Å². The predicted octanol–water partition coefficient (Wildman–Crippen LogP) is 0.350. The van der Waals surface area contributed by atoms with E-state index in [1.165, 1.54) is 12.3 Å². The van der Waals surface area contributed by atoms with Crippen molar-refractivity contribution in [3.05, 3.63) is 24.0 Å². The highest BCUT2D eigenvalue weighted by molar-refractivity contribution is 5.72. The van der Waals surface area contributed by atoms with Crippen LogP contribution in [-0.2, 0) is 11.3 Å². The number of aromatic hydroxyl groups is 1. The van der Waals surface area contributed by atoms with Crippen molar-refractivity contribution in [3.63, 3.8) is 0 Å². The summed E-state index contributed by atoms with van der Waals surface area (Å²) in [4.78, 5) is 14.4. The molecule has 5 heteroatoms. The molecule has 0 radical (unpaired) electrons. The lowest BCUT2D eigenvalue weighted by molar-refractivity contribution is -0.139. The van der Waals surface area contributed by atoms with Crippen molar-refractivity contribution in [1.29, 1.82) is 0 Å². The van der Waals surface area contributed by atoms with Gasteiger partial charge in [0.2, 0.25) is 0 Å². The number of aliphatic carboxylic acids is 1. The average Bonchev–Trinajstić information content (AvgIpc) is 2.16. The molecule has 0 aromatic carbocycles. The summed E-state index contributed by atoms with van der Waals surface area (Å²) in [6, 6.07) is 2.54. The fraction of sp³-hybridized carbons (Fsp3) is 0.333. The van der Waals surface area contributed by atoms with E-state index in [2.05, 4.69) is 10.3 Å². The number of carboxylic acids is 1. The van der Waals surface area contributed by atoms with Gasteiger partial charge >= 0.3 is 5.97 Å². The van der Waals surface area contributed by atoms with Gasteiger partial charge < -0.3 is 10.2 Å². The standard InChI is InChI=1S/C9H12N2O3/c1-6(9(13)14)10-4-7-2-3-8(12)5-11-7/h2-3,5-6,10,12H,4H2,1H3,(H,13,14). The fourth-order valence-corrected chi connectivity index (χ4v) is 0.866. The number of pyridine rings is 1. The number of hydrogen-bond donors (Lipinski definition) is 3. The molecule has 1 atom stereocenters. The maximum absolute atomic E-state index is 10.5. The first kappa shape index (κ1) is 10.5. The first-order chi connectivity index (χ1) is 6.59. The molecule has 0 aliphatic rings. The molecule has 0 saturated heterocycles. The second-order valence-corrected chi connectivity index (χ2v) is 2.95. The molecular formula is C9H12N2O3. The van der Waals surface area contributed by atoms with Crippen LogP contribution in [0.3, 0.4) is 0 Å². The fourth-order valence-electron chi connectivity index (χ4n) is 0.866. The highest BCUT2D eigenvalue weighted by Gasteiger charge is 2.09. The zero-order valence-corrected chi connectivity index (χ0v) is 7.77. The van der Waals surface area contributed by atoms with E-state index in [1.54, 1.807) is 13.0 Å². The zero-order valence-electron chi connectivity index (χ0n) is 7.77. The van der Waals surface area contributed by atoms with Crippen LogP contribution in [0.2, 0.25) is 0 Å². The van der Waals surface area contributed by atoms with Gasteiger partial charge in [0, 0.05) is 6.54 Å². The van der Waals surface area contributed by atoms with Crippen molar-refractivity contribution in [1.82, 2.24) is 10.3 Å². The van der Waals surface area contributed by atoms with Crippen LogP contribution >= 0.6 is 0 Å². The van der Waals surface area contributed by atoms with Crippen molar-refractivity contribution in [3.8, 4) is 5.75 Å². The Morgan fingerprint density at radius 2 is 2.36 bits per heavy atom. The summed E-state index contributed by atoms with van der Waals surface area (Å²) in [6.45, 7) is 1.93. The molecule has 0 aliphatic carbocycles. The van der Waals surface area contributed by atoms with Crippen LogP contribution in [0.4, 0.5) is 0 Å². The smallest absolute Gasteiger partial charge is 0.320 e. The van der Waals surface area contributed by atoms with Crippen LogP contribution in [0.1, 0.15) is 12.6 Å². The third-order valence-corrected chi connectivity index (χ3v) is 1.77. The summed E-state index contributed by atoms with van der Waals surface area (Å²) in [7, 11) is 0. The van der Waals surface area contributed by atoms with E-state index >= 15 is 0 Å². The molecule has 76 valence electrons. The Labute approximate surface area is 81.4 Å². The zero-order chi connectivity index (χ0) is 10.6. The molecule has 0 aliphatic heterocycles. The van der Waals surface area contributed by atoms with Crippen LogP contribution in [0.5, 0.6) is 5.75 Å². The van der Waals surface area contributed by atoms with Gasteiger partial charge in [0.25, 0.3) is 0 Å². The van der Waals surface area contributed by atoms with Gasteiger partial charge in [-0.1, -0.05) is 0 Å². The minimum atomic E-state index is -0.899. The van der Waals surface area contributed by atoms with Gasteiger partial charge in [0.1, 0.15) is 11.8 Å². The SMILES string of the molecule is CC(NCc1ccc(O)cn1)C(=O)O. The highest BCUT2D eigenvalue weighted by Crippen LogP contribution is 2.05. The molecular weight excluding hydrogens is 184 g/mol. The van der Waals surface area contributed by atoms with Gasteiger partial charge in [0.15, 0.2) is 0 Å². The van der Waals surface area contributed by atoms with Crippen LogP contribution in [0.15, 0.2) is 18.3 Å². The van der Waals surface area contributed by atoms with E-state index in [0.29, 0.717) is 12.2 Å². The molecule has 0 saturated carbocycles. The lowest BCUT2D eigenvalue weighted by Crippen LogP contribution is -2.33. The Balaban J connectivity index is 2.46. The first-order valence-corrected chi connectivity index (χ1v) is 4.19. The molecule has 1 heterocycles. The van der Waals surface area contributed by atoms with Gasteiger partial charge in [-0.2, -0.15) is 0 Å². The Kier molecular flexibility index (Phi) is 3.41. The summed E-state index contributed by atoms with van der Waals surface area (Å²) in [5.41, 5.74) is 0.691. The summed E-state index contributed by atoms with van der Waals surface area (Å²) in [5, 5.41) is 20.3. The Hall–Kier alpha value is -1.62. The molecule has 14 heavy (non-hydrogen) atoms. The Morgan fingerprint density at radius 3 is 2.86 bits per heavy atom. The average molecular weight is 196 g/mol. The van der Waals surface area contributed by atoms with Gasteiger partial charge in [-0.25, -0.2) is 0 Å². The molecule has 1 rings (SSSR count). The minimum absolute atomic E-state index is 0.0973. The van der Waals surface area contributed by atoms with Gasteiger partial charge in [0.05, 0.1) is 11.9 Å². The first-order valence-electron chi connectivity index (χ1n) is 4.19. The monoisotopic (exact) mass is 196 g/mol. The van der Waals surface area contributed by atoms with Crippen molar-refractivity contribution in [2.75, 3.05) is 0 Å². The molecule has 1 unspecified atom stereocenters. The second kappa shape index (κ2) is 4.57. The number of carbonyl (C=O) groups is 1. The normalized spacial score (nSPS) is 12.4. The molecule has 3 N–H and O–H groups in total. The summed E-state index contributed by atoms with van der Waals surface area (Å²) in [6.07, 6.45) is 1.32. The van der Waals surface area contributed by atoms with E-state index in [-0.39, 0.29) is 5.75 Å². The largest absolute Gasteiger partial charge is 0.506 e. The number of carboxylic acid groups (broad SMARTS) is 1. The molecule has 0 spiro atoms. The minimum Gasteiger partial charge on any atom is -0.506 e. The van der Waals surface area contributed by atoms with Crippen molar-refractivity contribution in [2.24, 2.45) is 0 Å². The lowest BCUT2D eigenvalue weighted by atomic mass is 10.3. The number of hydrogen-bond acceptors (Lipinski definition) is 4. The third-order valence-electron chi connectivity index (χ3n) is 1.77. The van der Waals surface area contributed by atoms with Crippen molar-refractivity contribution >= 4 is 5.97 Å². The van der Waals surface area contributed by atoms with E-state index in [1.807, 2.05) is 0 Å². The predicted molar refractivity (Wildman–Crippen MR) is 49.8 cm³/mol. The Bertz CT molecular complexity index is 310. The van der Waals surface area contributed by atoms with E-state index < -0.39 is 12.0 Å². The van der Waals surface area contributed by atoms with Crippen LogP contribution < -0.4 is 5.32 Å². The van der Waals surface area contributed by atoms with E-state index in [9.17, 15) is 4.79 Å². The molecule has 1 aromatic heterocycles. The summed E-state index contributed by atoms with van der Waals surface area (Å²) < 4.78 is 0. The molecule has 0 fully saturated rings. The summed E-state index contributed by atoms with van der Waals surface area (Å²) in [5.74, 6) is -0.802. The number of rotatable bonds is 4. The molecule has 5 nitrogen and oxygen atoms in total. The van der Waals surface area contributed by atoms with E-state index in [0.717, 1.165) is 0 Å². The Morgan fingerprint density at radius 1 is 1.64 bits per heavy atom. The summed E-state index contributed by atoms with van der Waals surface area (Å²) >= 11 is 0. The van der Waals surface area contributed by atoms with Crippen LogP contribution in [-0.4, -0.2) is 27.2 Å². The lowest BCUT2D eigenvalue weighted by Gasteiger charge is -2.07. The van der Waals surface area contributed by atoms with Gasteiger partial charge in [-0.05, 0) is 19.1 Å². The van der Waals surface area contributed by atoms with Crippen LogP contribution in [0.25, 0.3) is 0 Å². The maximum atomic E-state index is 10.5. The highest BCUT2D eigenvalue weighted by atomic mass is 16.4. The van der Waals surface area contributed by atoms with Gasteiger partial charge in [-0.3, -0.25) is 15.1 Å². The number of nitrogens with one attached hydrogen (secondary N) is 1. The third kappa shape index (κ3) is 3.02. The van der Waals surface area contributed by atoms with Crippen LogP contribution in [0, 0.1) is 0 Å². The quantitative estimate of drug-likeness (QED) is 0.647.